The molecular formula is C23H26N2O4. The minimum Gasteiger partial charge on any atom is -0.452 e. The fourth-order valence-corrected chi connectivity index (χ4v) is 3.57. The second kappa shape index (κ2) is 8.90. The number of rotatable bonds is 6. The quantitative estimate of drug-likeness (QED) is 0.764. The maximum Gasteiger partial charge on any atom is 0.308 e. The van der Waals surface area contributed by atoms with Crippen molar-refractivity contribution in [1.82, 2.24) is 5.32 Å². The Bertz CT molecular complexity index is 925. The molecule has 0 aliphatic carbocycles. The van der Waals surface area contributed by atoms with Crippen LogP contribution >= 0.6 is 0 Å². The Labute approximate surface area is 170 Å². The highest BCUT2D eigenvalue weighted by Crippen LogP contribution is 2.32. The zero-order valence-corrected chi connectivity index (χ0v) is 17.0. The monoisotopic (exact) mass is 394 g/mol. The Hall–Kier alpha value is -3.15. The van der Waals surface area contributed by atoms with Crippen LogP contribution in [0.2, 0.25) is 0 Å². The average molecular weight is 394 g/mol. The number of hydrogen-bond donors (Lipinski definition) is 1. The van der Waals surface area contributed by atoms with Crippen LogP contribution in [0.25, 0.3) is 0 Å². The van der Waals surface area contributed by atoms with E-state index in [9.17, 15) is 14.4 Å². The summed E-state index contributed by atoms with van der Waals surface area (Å²) in [7, 11) is 0. The number of carbonyl (C=O) groups is 3. The molecule has 0 saturated heterocycles. The zero-order valence-electron chi connectivity index (χ0n) is 17.0. The Morgan fingerprint density at radius 2 is 1.93 bits per heavy atom. The molecule has 0 spiro atoms. The first-order valence-electron chi connectivity index (χ1n) is 9.82. The summed E-state index contributed by atoms with van der Waals surface area (Å²) >= 11 is 0. The third-order valence-corrected chi connectivity index (χ3v) is 5.00. The third kappa shape index (κ3) is 4.83. The normalized spacial score (nSPS) is 16.1. The van der Waals surface area contributed by atoms with Gasteiger partial charge in [-0.15, -0.1) is 0 Å². The van der Waals surface area contributed by atoms with Crippen LogP contribution in [0.4, 0.5) is 5.69 Å². The predicted molar refractivity (Wildman–Crippen MR) is 111 cm³/mol. The second-order valence-corrected chi connectivity index (χ2v) is 7.40. The fourth-order valence-electron chi connectivity index (χ4n) is 3.57. The van der Waals surface area contributed by atoms with Crippen molar-refractivity contribution < 1.29 is 19.1 Å². The van der Waals surface area contributed by atoms with E-state index in [1.165, 1.54) is 0 Å². The molecule has 0 fully saturated rings. The molecular weight excluding hydrogens is 368 g/mol. The van der Waals surface area contributed by atoms with Gasteiger partial charge in [0.25, 0.3) is 11.8 Å². The van der Waals surface area contributed by atoms with Crippen molar-refractivity contribution in [1.29, 1.82) is 0 Å². The number of amides is 2. The largest absolute Gasteiger partial charge is 0.452 e. The van der Waals surface area contributed by atoms with E-state index >= 15 is 0 Å². The molecule has 1 aliphatic rings. The summed E-state index contributed by atoms with van der Waals surface area (Å²) in [5.41, 5.74) is 3.52. The first-order chi connectivity index (χ1) is 13.9. The number of aryl methyl sites for hydroxylation is 1. The molecule has 2 aromatic rings. The van der Waals surface area contributed by atoms with Gasteiger partial charge < -0.3 is 15.0 Å². The summed E-state index contributed by atoms with van der Waals surface area (Å²) in [6.45, 7) is 5.62. The van der Waals surface area contributed by atoms with Crippen molar-refractivity contribution in [2.24, 2.45) is 0 Å². The van der Waals surface area contributed by atoms with Crippen molar-refractivity contribution in [3.8, 4) is 0 Å². The van der Waals surface area contributed by atoms with Crippen molar-refractivity contribution >= 4 is 23.5 Å². The highest BCUT2D eigenvalue weighted by molar-refractivity contribution is 5.99. The maximum atomic E-state index is 12.8. The van der Waals surface area contributed by atoms with Gasteiger partial charge in [0.05, 0.1) is 6.42 Å². The fraction of sp³-hybridized carbons (Fsp3) is 0.348. The van der Waals surface area contributed by atoms with Gasteiger partial charge in [-0.05, 0) is 51.0 Å². The minimum absolute atomic E-state index is 0.00131. The number of hydrogen-bond acceptors (Lipinski definition) is 4. The first kappa shape index (κ1) is 20.6. The molecule has 2 atom stereocenters. The van der Waals surface area contributed by atoms with Crippen LogP contribution in [0, 0.1) is 6.92 Å². The van der Waals surface area contributed by atoms with Crippen LogP contribution in [0.1, 0.15) is 41.8 Å². The van der Waals surface area contributed by atoms with E-state index in [1.807, 2.05) is 50.2 Å². The zero-order chi connectivity index (χ0) is 21.0. The van der Waals surface area contributed by atoms with E-state index in [0.29, 0.717) is 5.56 Å². The second-order valence-electron chi connectivity index (χ2n) is 7.40. The van der Waals surface area contributed by atoms with E-state index in [1.54, 1.807) is 24.0 Å². The van der Waals surface area contributed by atoms with Gasteiger partial charge in [0.15, 0.2) is 6.10 Å². The van der Waals surface area contributed by atoms with Crippen LogP contribution in [0.5, 0.6) is 0 Å². The van der Waals surface area contributed by atoms with Gasteiger partial charge in [-0.3, -0.25) is 14.4 Å². The third-order valence-electron chi connectivity index (χ3n) is 5.00. The highest BCUT2D eigenvalue weighted by Gasteiger charge is 2.34. The van der Waals surface area contributed by atoms with Crippen molar-refractivity contribution in [3.05, 3.63) is 65.2 Å². The molecule has 1 heterocycles. The Morgan fingerprint density at radius 1 is 1.17 bits per heavy atom. The summed E-state index contributed by atoms with van der Waals surface area (Å²) < 4.78 is 5.31. The molecule has 2 aromatic carbocycles. The van der Waals surface area contributed by atoms with E-state index in [-0.39, 0.29) is 30.8 Å². The number of para-hydroxylation sites is 1. The smallest absolute Gasteiger partial charge is 0.308 e. The summed E-state index contributed by atoms with van der Waals surface area (Å²) in [5, 5.41) is 2.70. The number of nitrogens with zero attached hydrogens (tertiary/aromatic N) is 1. The highest BCUT2D eigenvalue weighted by atomic mass is 16.5. The van der Waals surface area contributed by atoms with Gasteiger partial charge in [-0.1, -0.05) is 35.9 Å². The summed E-state index contributed by atoms with van der Waals surface area (Å²) in [5.74, 6) is -0.997. The van der Waals surface area contributed by atoms with E-state index in [0.717, 1.165) is 23.2 Å². The van der Waals surface area contributed by atoms with E-state index in [2.05, 4.69) is 5.32 Å². The Balaban J connectivity index is 1.49. The van der Waals surface area contributed by atoms with Crippen molar-refractivity contribution in [3.63, 3.8) is 0 Å². The Morgan fingerprint density at radius 3 is 2.69 bits per heavy atom. The van der Waals surface area contributed by atoms with Gasteiger partial charge in [-0.2, -0.15) is 0 Å². The topological polar surface area (TPSA) is 75.7 Å². The molecule has 0 saturated carbocycles. The number of carbonyl (C=O) groups excluding carboxylic acids is 3. The van der Waals surface area contributed by atoms with E-state index in [4.69, 9.17) is 4.74 Å². The van der Waals surface area contributed by atoms with Gasteiger partial charge in [0, 0.05) is 23.8 Å². The van der Waals surface area contributed by atoms with Crippen LogP contribution in [0.3, 0.4) is 0 Å². The molecule has 1 aliphatic heterocycles. The SMILES string of the molecule is Cc1cccc(C(=O)NCCC(=O)OC(C)C(=O)N2c3ccccc3CC2C)c1. The summed E-state index contributed by atoms with van der Waals surface area (Å²) in [4.78, 5) is 38.8. The predicted octanol–water partition coefficient (Wildman–Crippen LogP) is 3.02. The lowest BCUT2D eigenvalue weighted by molar-refractivity contribution is -0.153. The number of fused-ring (bicyclic) bond motifs is 1. The molecule has 2 unspecified atom stereocenters. The van der Waals surface area contributed by atoms with Gasteiger partial charge >= 0.3 is 5.97 Å². The maximum absolute atomic E-state index is 12.8. The number of anilines is 1. The molecule has 1 N–H and O–H groups in total. The molecule has 29 heavy (non-hydrogen) atoms. The van der Waals surface area contributed by atoms with E-state index < -0.39 is 12.1 Å². The number of nitrogens with one attached hydrogen (secondary N) is 1. The molecule has 6 nitrogen and oxygen atoms in total. The lowest BCUT2D eigenvalue weighted by Gasteiger charge is -2.26. The Kier molecular flexibility index (Phi) is 6.32. The van der Waals surface area contributed by atoms with Gasteiger partial charge in [0.1, 0.15) is 0 Å². The number of esters is 1. The molecule has 6 heteroatoms. The molecule has 0 radical (unpaired) electrons. The number of ether oxygens (including phenoxy) is 1. The van der Waals surface area contributed by atoms with Crippen molar-refractivity contribution in [2.45, 2.75) is 45.8 Å². The molecule has 3 rings (SSSR count). The summed E-state index contributed by atoms with van der Waals surface area (Å²) in [6, 6.07) is 15.0. The molecule has 0 bridgehead atoms. The minimum atomic E-state index is -0.886. The first-order valence-corrected chi connectivity index (χ1v) is 9.82. The summed E-state index contributed by atoms with van der Waals surface area (Å²) in [6.07, 6.45) is -0.0990. The average Bonchev–Trinajstić information content (AvgIpc) is 3.02. The number of benzene rings is 2. The molecule has 0 aromatic heterocycles. The van der Waals surface area contributed by atoms with Crippen LogP contribution < -0.4 is 10.2 Å². The van der Waals surface area contributed by atoms with Crippen LogP contribution in [-0.4, -0.2) is 36.5 Å². The lowest BCUT2D eigenvalue weighted by atomic mass is 10.1. The van der Waals surface area contributed by atoms with Crippen LogP contribution in [-0.2, 0) is 20.7 Å². The van der Waals surface area contributed by atoms with Gasteiger partial charge in [-0.25, -0.2) is 0 Å². The molecule has 2 amide bonds. The van der Waals surface area contributed by atoms with Gasteiger partial charge in [0.2, 0.25) is 0 Å². The lowest BCUT2D eigenvalue weighted by Crippen LogP contribution is -2.43. The van der Waals surface area contributed by atoms with Crippen molar-refractivity contribution in [2.75, 3.05) is 11.4 Å². The molecule has 152 valence electrons. The standard InChI is InChI=1S/C23H26N2O4/c1-15-7-6-9-19(13-15)22(27)24-12-11-21(26)29-17(3)23(28)25-16(2)14-18-8-4-5-10-20(18)25/h4-10,13,16-17H,11-12,14H2,1-3H3,(H,24,27). The van der Waals surface area contributed by atoms with Crippen LogP contribution in [0.15, 0.2) is 48.5 Å².